The first-order valence-corrected chi connectivity index (χ1v) is 9.33. The largest absolute Gasteiger partial charge is 0.444 e. The first kappa shape index (κ1) is 18.6. The first-order valence-electron chi connectivity index (χ1n) is 7.93. The molecule has 1 aliphatic rings. The number of carbonyl (C=O) groups is 1. The fraction of sp³-hybridized carbons (Fsp3) is 0.938. The van der Waals surface area contributed by atoms with Crippen LogP contribution < -0.4 is 5.32 Å². The van der Waals surface area contributed by atoms with Gasteiger partial charge in [-0.2, -0.15) is 11.8 Å². The molecular formula is C16H32N2O2S. The van der Waals surface area contributed by atoms with Crippen LogP contribution in [0, 0.1) is 5.41 Å². The van der Waals surface area contributed by atoms with E-state index in [1.165, 1.54) is 18.6 Å². The summed E-state index contributed by atoms with van der Waals surface area (Å²) in [4.78, 5) is 14.1. The maximum absolute atomic E-state index is 12.2. The third kappa shape index (κ3) is 7.41. The number of likely N-dealkylation sites (tertiary alicyclic amines) is 1. The molecule has 21 heavy (non-hydrogen) atoms. The summed E-state index contributed by atoms with van der Waals surface area (Å²) < 4.78 is 5.49. The molecule has 1 atom stereocenters. The van der Waals surface area contributed by atoms with Gasteiger partial charge in [0.25, 0.3) is 0 Å². The molecule has 0 aromatic rings. The second-order valence-electron chi connectivity index (χ2n) is 7.34. The van der Waals surface area contributed by atoms with E-state index in [-0.39, 0.29) is 11.5 Å². The highest BCUT2D eigenvalue weighted by atomic mass is 32.2. The van der Waals surface area contributed by atoms with Gasteiger partial charge in [0, 0.05) is 19.6 Å². The highest BCUT2D eigenvalue weighted by molar-refractivity contribution is 7.98. The van der Waals surface area contributed by atoms with Crippen LogP contribution >= 0.6 is 11.8 Å². The quantitative estimate of drug-likeness (QED) is 0.763. The van der Waals surface area contributed by atoms with E-state index in [1.807, 2.05) is 37.4 Å². The molecule has 1 saturated heterocycles. The van der Waals surface area contributed by atoms with Gasteiger partial charge >= 0.3 is 6.09 Å². The number of nitrogens with one attached hydrogen (secondary N) is 1. The number of thioether (sulfide) groups is 1. The van der Waals surface area contributed by atoms with Gasteiger partial charge in [0.1, 0.15) is 5.60 Å². The molecule has 4 nitrogen and oxygen atoms in total. The number of rotatable bonds is 6. The Kier molecular flexibility index (Phi) is 7.34. The van der Waals surface area contributed by atoms with Crippen molar-refractivity contribution < 1.29 is 9.53 Å². The minimum Gasteiger partial charge on any atom is -0.444 e. The number of nitrogens with zero attached hydrogens (tertiary/aromatic N) is 1. The van der Waals surface area contributed by atoms with Gasteiger partial charge < -0.3 is 15.0 Å². The molecule has 0 spiro atoms. The summed E-state index contributed by atoms with van der Waals surface area (Å²) in [7, 11) is 0. The van der Waals surface area contributed by atoms with Crippen molar-refractivity contribution in [2.75, 3.05) is 38.2 Å². The fourth-order valence-electron chi connectivity index (χ4n) is 2.67. The number of amides is 1. The summed E-state index contributed by atoms with van der Waals surface area (Å²) in [6, 6.07) is 0. The van der Waals surface area contributed by atoms with Crippen LogP contribution in [0.15, 0.2) is 0 Å². The molecule has 5 heteroatoms. The van der Waals surface area contributed by atoms with Gasteiger partial charge in [-0.3, -0.25) is 0 Å². The van der Waals surface area contributed by atoms with Gasteiger partial charge in [0.05, 0.1) is 0 Å². The van der Waals surface area contributed by atoms with E-state index in [9.17, 15) is 4.79 Å². The van der Waals surface area contributed by atoms with Gasteiger partial charge in [-0.25, -0.2) is 4.79 Å². The highest BCUT2D eigenvalue weighted by Gasteiger charge is 2.34. The van der Waals surface area contributed by atoms with Gasteiger partial charge in [0.2, 0.25) is 0 Å². The molecule has 0 radical (unpaired) electrons. The van der Waals surface area contributed by atoms with Crippen LogP contribution in [0.1, 0.15) is 47.0 Å². The Bertz CT molecular complexity index is 331. The predicted octanol–water partition coefficient (Wildman–Crippen LogP) is 3.37. The molecule has 0 saturated carbocycles. The Hall–Kier alpha value is -0.420. The van der Waals surface area contributed by atoms with E-state index in [2.05, 4.69) is 18.5 Å². The average molecular weight is 317 g/mol. The molecule has 1 amide bonds. The number of hydrogen-bond donors (Lipinski definition) is 1. The lowest BCUT2D eigenvalue weighted by molar-refractivity contribution is 0.00683. The molecule has 0 bridgehead atoms. The van der Waals surface area contributed by atoms with Crippen LogP contribution in [-0.2, 0) is 4.74 Å². The van der Waals surface area contributed by atoms with Crippen molar-refractivity contribution in [3.63, 3.8) is 0 Å². The van der Waals surface area contributed by atoms with Crippen LogP contribution in [0.4, 0.5) is 4.79 Å². The predicted molar refractivity (Wildman–Crippen MR) is 91.0 cm³/mol. The van der Waals surface area contributed by atoms with Crippen LogP contribution in [0.25, 0.3) is 0 Å². The molecule has 1 N–H and O–H groups in total. The summed E-state index contributed by atoms with van der Waals surface area (Å²) in [5, 5.41) is 3.55. The second-order valence-corrected chi connectivity index (χ2v) is 8.32. The van der Waals surface area contributed by atoms with Crippen molar-refractivity contribution in [3.05, 3.63) is 0 Å². The monoisotopic (exact) mass is 316 g/mol. The minimum atomic E-state index is -0.416. The molecule has 1 heterocycles. The number of hydrogen-bond acceptors (Lipinski definition) is 4. The molecule has 1 aliphatic heterocycles. The van der Waals surface area contributed by atoms with Crippen molar-refractivity contribution in [2.45, 2.75) is 52.6 Å². The van der Waals surface area contributed by atoms with E-state index < -0.39 is 5.60 Å². The lowest BCUT2D eigenvalue weighted by atomic mass is 9.82. The van der Waals surface area contributed by atoms with Crippen LogP contribution in [0.2, 0.25) is 0 Å². The van der Waals surface area contributed by atoms with E-state index in [0.717, 1.165) is 32.6 Å². The van der Waals surface area contributed by atoms with Crippen molar-refractivity contribution in [1.82, 2.24) is 10.2 Å². The maximum Gasteiger partial charge on any atom is 0.410 e. The number of ether oxygens (including phenoxy) is 1. The van der Waals surface area contributed by atoms with E-state index >= 15 is 0 Å². The van der Waals surface area contributed by atoms with Crippen molar-refractivity contribution >= 4 is 17.9 Å². The molecule has 1 unspecified atom stereocenters. The van der Waals surface area contributed by atoms with E-state index in [4.69, 9.17) is 4.74 Å². The van der Waals surface area contributed by atoms with Gasteiger partial charge in [-0.05, 0) is 64.0 Å². The zero-order valence-corrected chi connectivity index (χ0v) is 15.1. The minimum absolute atomic E-state index is 0.161. The fourth-order valence-corrected chi connectivity index (χ4v) is 3.11. The Balaban J connectivity index is 2.41. The van der Waals surface area contributed by atoms with E-state index in [0.29, 0.717) is 0 Å². The van der Waals surface area contributed by atoms with Crippen molar-refractivity contribution in [1.29, 1.82) is 0 Å². The smallest absolute Gasteiger partial charge is 0.410 e. The highest BCUT2D eigenvalue weighted by Crippen LogP contribution is 2.29. The number of carbonyl (C=O) groups excluding carboxylic acids is 1. The maximum atomic E-state index is 12.2. The Morgan fingerprint density at radius 1 is 1.43 bits per heavy atom. The molecule has 124 valence electrons. The van der Waals surface area contributed by atoms with Gasteiger partial charge in [0.15, 0.2) is 0 Å². The first-order chi connectivity index (χ1) is 9.76. The third-order valence-electron chi connectivity index (χ3n) is 3.69. The standard InChI is InChI=1S/C16H32N2O2S/c1-15(2,3)20-14(19)18-10-6-8-16(4,13-18)12-17-9-7-11-21-5/h17H,6-13H2,1-5H3. The normalized spacial score (nSPS) is 23.2. The lowest BCUT2D eigenvalue weighted by Gasteiger charge is -2.41. The molecule has 0 aliphatic carbocycles. The average Bonchev–Trinajstić information content (AvgIpc) is 2.36. The molecule has 1 rings (SSSR count). The summed E-state index contributed by atoms with van der Waals surface area (Å²) in [6.45, 7) is 11.7. The van der Waals surface area contributed by atoms with Crippen molar-refractivity contribution in [3.8, 4) is 0 Å². The third-order valence-corrected chi connectivity index (χ3v) is 4.38. The van der Waals surface area contributed by atoms with Gasteiger partial charge in [-0.1, -0.05) is 6.92 Å². The Morgan fingerprint density at radius 3 is 2.76 bits per heavy atom. The Labute approximate surface area is 134 Å². The Morgan fingerprint density at radius 2 is 2.14 bits per heavy atom. The molecule has 0 aromatic carbocycles. The SMILES string of the molecule is CSCCCNCC1(C)CCCN(C(=O)OC(C)(C)C)C1. The second kappa shape index (κ2) is 8.28. The number of piperidine rings is 1. The summed E-state index contributed by atoms with van der Waals surface area (Å²) in [5.74, 6) is 1.20. The lowest BCUT2D eigenvalue weighted by Crippen LogP contribution is -2.50. The molecular weight excluding hydrogens is 284 g/mol. The molecule has 0 aromatic heterocycles. The van der Waals surface area contributed by atoms with Crippen LogP contribution in [-0.4, -0.2) is 54.8 Å². The summed E-state index contributed by atoms with van der Waals surface area (Å²) in [6.07, 6.45) is 5.40. The zero-order valence-electron chi connectivity index (χ0n) is 14.3. The van der Waals surface area contributed by atoms with E-state index in [1.54, 1.807) is 0 Å². The topological polar surface area (TPSA) is 41.6 Å². The zero-order chi connectivity index (χ0) is 15.9. The van der Waals surface area contributed by atoms with Gasteiger partial charge in [-0.15, -0.1) is 0 Å². The van der Waals surface area contributed by atoms with Crippen molar-refractivity contribution in [2.24, 2.45) is 5.41 Å². The van der Waals surface area contributed by atoms with Crippen LogP contribution in [0.3, 0.4) is 0 Å². The summed E-state index contributed by atoms with van der Waals surface area (Å²) >= 11 is 1.89. The summed E-state index contributed by atoms with van der Waals surface area (Å²) in [5.41, 5.74) is -0.254. The van der Waals surface area contributed by atoms with Crippen LogP contribution in [0.5, 0.6) is 0 Å². The molecule has 1 fully saturated rings.